The number of hydrogen-bond donors (Lipinski definition) is 1. The maximum Gasteiger partial charge on any atom is 0.149 e. The van der Waals surface area contributed by atoms with Crippen molar-refractivity contribution in [2.75, 3.05) is 18.0 Å². The van der Waals surface area contributed by atoms with Crippen LogP contribution in [0, 0.1) is 11.6 Å². The molecule has 0 aromatic heterocycles. The molecule has 1 aliphatic heterocycles. The van der Waals surface area contributed by atoms with Crippen LogP contribution in [-0.4, -0.2) is 18.2 Å². The zero-order chi connectivity index (χ0) is 14.8. The zero-order valence-electron chi connectivity index (χ0n) is 11.6. The summed E-state index contributed by atoms with van der Waals surface area (Å²) in [6.45, 7) is 0.878. The maximum atomic E-state index is 14.1. The molecule has 2 aromatic carbocycles. The number of halogens is 2. The Morgan fingerprint density at radius 2 is 1.76 bits per heavy atom. The van der Waals surface area contributed by atoms with Crippen molar-refractivity contribution in [1.29, 1.82) is 0 Å². The largest absolute Gasteiger partial charge is 0.392 e. The zero-order valence-corrected chi connectivity index (χ0v) is 11.6. The second kappa shape index (κ2) is 5.82. The van der Waals surface area contributed by atoms with Gasteiger partial charge in [0.05, 0.1) is 6.61 Å². The van der Waals surface area contributed by atoms with Gasteiger partial charge >= 0.3 is 0 Å². The van der Waals surface area contributed by atoms with Crippen molar-refractivity contribution >= 4 is 5.69 Å². The van der Waals surface area contributed by atoms with Crippen molar-refractivity contribution in [2.45, 2.75) is 18.9 Å². The summed E-state index contributed by atoms with van der Waals surface area (Å²) in [4.78, 5) is 1.75. The summed E-state index contributed by atoms with van der Waals surface area (Å²) < 4.78 is 28.2. The molecule has 3 rings (SSSR count). The molecule has 110 valence electrons. The Morgan fingerprint density at radius 1 is 1.10 bits per heavy atom. The van der Waals surface area contributed by atoms with Crippen LogP contribution in [-0.2, 0) is 6.61 Å². The first-order valence-corrected chi connectivity index (χ1v) is 7.07. The second-order valence-corrected chi connectivity index (χ2v) is 5.41. The van der Waals surface area contributed by atoms with Gasteiger partial charge in [0.15, 0.2) is 0 Å². The highest BCUT2D eigenvalue weighted by atomic mass is 19.1. The van der Waals surface area contributed by atoms with E-state index in [1.54, 1.807) is 4.90 Å². The lowest BCUT2D eigenvalue weighted by Crippen LogP contribution is -2.22. The topological polar surface area (TPSA) is 23.5 Å². The molecule has 4 heteroatoms. The Kier molecular flexibility index (Phi) is 3.88. The first kappa shape index (κ1) is 14.0. The van der Waals surface area contributed by atoms with Gasteiger partial charge in [-0.1, -0.05) is 30.3 Å². The van der Waals surface area contributed by atoms with E-state index < -0.39 is 11.6 Å². The minimum atomic E-state index is -0.604. The fourth-order valence-corrected chi connectivity index (χ4v) is 2.97. The summed E-state index contributed by atoms with van der Waals surface area (Å²) in [6, 6.07) is 12.4. The van der Waals surface area contributed by atoms with E-state index in [1.165, 1.54) is 17.7 Å². The lowest BCUT2D eigenvalue weighted by atomic mass is 9.99. The summed E-state index contributed by atoms with van der Waals surface area (Å²) in [6.07, 6.45) is 0.880. The summed E-state index contributed by atoms with van der Waals surface area (Å²) in [5, 5.41) is 8.99. The van der Waals surface area contributed by atoms with Crippen LogP contribution in [0.3, 0.4) is 0 Å². The molecular weight excluding hydrogens is 272 g/mol. The molecule has 1 saturated heterocycles. The SMILES string of the molecule is OCc1cc(F)c(N2CCC(c3ccccc3)C2)c(F)c1. The van der Waals surface area contributed by atoms with E-state index in [-0.39, 0.29) is 17.9 Å². The van der Waals surface area contributed by atoms with Gasteiger partial charge in [-0.3, -0.25) is 0 Å². The Labute approximate surface area is 122 Å². The lowest BCUT2D eigenvalue weighted by Gasteiger charge is -2.20. The lowest BCUT2D eigenvalue weighted by molar-refractivity contribution is 0.280. The van der Waals surface area contributed by atoms with Crippen LogP contribution >= 0.6 is 0 Å². The summed E-state index contributed by atoms with van der Waals surface area (Å²) in [5.41, 5.74) is 1.48. The molecule has 1 unspecified atom stereocenters. The van der Waals surface area contributed by atoms with Gasteiger partial charge in [0, 0.05) is 19.0 Å². The highest BCUT2D eigenvalue weighted by molar-refractivity contribution is 5.52. The van der Waals surface area contributed by atoms with Crippen LogP contribution in [0.2, 0.25) is 0 Å². The van der Waals surface area contributed by atoms with Crippen molar-refractivity contribution in [3.63, 3.8) is 0 Å². The molecule has 1 heterocycles. The second-order valence-electron chi connectivity index (χ2n) is 5.41. The van der Waals surface area contributed by atoms with E-state index in [1.807, 2.05) is 18.2 Å². The fraction of sp³-hybridized carbons (Fsp3) is 0.294. The van der Waals surface area contributed by atoms with Crippen LogP contribution in [0.15, 0.2) is 42.5 Å². The normalized spacial score (nSPS) is 18.2. The molecule has 0 spiro atoms. The predicted molar refractivity (Wildman–Crippen MR) is 78.3 cm³/mol. The molecule has 1 aliphatic rings. The Hall–Kier alpha value is -1.94. The van der Waals surface area contributed by atoms with Crippen LogP contribution < -0.4 is 4.90 Å². The van der Waals surface area contributed by atoms with Crippen molar-refractivity contribution < 1.29 is 13.9 Å². The van der Waals surface area contributed by atoms with Gasteiger partial charge in [0.25, 0.3) is 0 Å². The number of hydrogen-bond acceptors (Lipinski definition) is 2. The Morgan fingerprint density at radius 3 is 2.38 bits per heavy atom. The molecule has 2 nitrogen and oxygen atoms in total. The molecule has 0 bridgehead atoms. The first-order valence-electron chi connectivity index (χ1n) is 7.07. The van der Waals surface area contributed by atoms with Crippen molar-refractivity contribution in [3.8, 4) is 0 Å². The molecule has 1 N–H and O–H groups in total. The Balaban J connectivity index is 1.84. The molecule has 2 aromatic rings. The maximum absolute atomic E-state index is 14.1. The minimum absolute atomic E-state index is 0.0191. The summed E-state index contributed by atoms with van der Waals surface area (Å²) in [7, 11) is 0. The van der Waals surface area contributed by atoms with Gasteiger partial charge in [-0.25, -0.2) is 8.78 Å². The van der Waals surface area contributed by atoms with E-state index >= 15 is 0 Å². The molecular formula is C17H17F2NO. The van der Waals surface area contributed by atoms with Crippen LogP contribution in [0.1, 0.15) is 23.5 Å². The number of aliphatic hydroxyl groups is 1. The van der Waals surface area contributed by atoms with Crippen molar-refractivity contribution in [1.82, 2.24) is 0 Å². The fourth-order valence-electron chi connectivity index (χ4n) is 2.97. The Bertz CT molecular complexity index is 607. The van der Waals surface area contributed by atoms with Gasteiger partial charge in [0.2, 0.25) is 0 Å². The van der Waals surface area contributed by atoms with Gasteiger partial charge in [-0.05, 0) is 29.7 Å². The number of benzene rings is 2. The van der Waals surface area contributed by atoms with Gasteiger partial charge in [0.1, 0.15) is 17.3 Å². The van der Waals surface area contributed by atoms with Gasteiger partial charge in [-0.15, -0.1) is 0 Å². The number of rotatable bonds is 3. The smallest absolute Gasteiger partial charge is 0.149 e. The average molecular weight is 289 g/mol. The van der Waals surface area contributed by atoms with Crippen molar-refractivity contribution in [3.05, 3.63) is 65.2 Å². The molecule has 0 radical (unpaired) electrons. The van der Waals surface area contributed by atoms with E-state index in [0.717, 1.165) is 6.42 Å². The third-order valence-corrected chi connectivity index (χ3v) is 4.03. The summed E-state index contributed by atoms with van der Waals surface area (Å²) in [5.74, 6) is -0.914. The third-order valence-electron chi connectivity index (χ3n) is 4.03. The molecule has 0 amide bonds. The number of nitrogens with zero attached hydrogens (tertiary/aromatic N) is 1. The predicted octanol–water partition coefficient (Wildman–Crippen LogP) is 3.45. The van der Waals surface area contributed by atoms with E-state index in [0.29, 0.717) is 19.0 Å². The van der Waals surface area contributed by atoms with E-state index in [2.05, 4.69) is 12.1 Å². The quantitative estimate of drug-likeness (QED) is 0.935. The van der Waals surface area contributed by atoms with E-state index in [4.69, 9.17) is 5.11 Å². The molecule has 1 fully saturated rings. The minimum Gasteiger partial charge on any atom is -0.392 e. The van der Waals surface area contributed by atoms with E-state index in [9.17, 15) is 8.78 Å². The molecule has 1 atom stereocenters. The van der Waals surface area contributed by atoms with Gasteiger partial charge < -0.3 is 10.0 Å². The van der Waals surface area contributed by atoms with Crippen molar-refractivity contribution in [2.24, 2.45) is 0 Å². The summed E-state index contributed by atoms with van der Waals surface area (Å²) >= 11 is 0. The van der Waals surface area contributed by atoms with Crippen LogP contribution in [0.5, 0.6) is 0 Å². The number of aliphatic hydroxyl groups excluding tert-OH is 1. The van der Waals surface area contributed by atoms with Crippen LogP contribution in [0.4, 0.5) is 14.5 Å². The van der Waals surface area contributed by atoms with Crippen LogP contribution in [0.25, 0.3) is 0 Å². The molecule has 0 aliphatic carbocycles. The highest BCUT2D eigenvalue weighted by Crippen LogP contribution is 2.34. The van der Waals surface area contributed by atoms with Gasteiger partial charge in [-0.2, -0.15) is 0 Å². The first-order chi connectivity index (χ1) is 10.2. The number of anilines is 1. The monoisotopic (exact) mass is 289 g/mol. The average Bonchev–Trinajstić information content (AvgIpc) is 2.97. The molecule has 0 saturated carbocycles. The highest BCUT2D eigenvalue weighted by Gasteiger charge is 2.27. The molecule has 21 heavy (non-hydrogen) atoms. The third kappa shape index (κ3) is 2.76. The standard InChI is InChI=1S/C17H17F2NO/c18-15-8-12(11-21)9-16(19)17(15)20-7-6-14(10-20)13-4-2-1-3-5-13/h1-5,8-9,14,21H,6-7,10-11H2.